The second-order valence-electron chi connectivity index (χ2n) is 13.1. The maximum atomic E-state index is 6.42. The van der Waals surface area contributed by atoms with Crippen molar-refractivity contribution in [3.63, 3.8) is 0 Å². The fourth-order valence-electron chi connectivity index (χ4n) is 8.38. The third-order valence-corrected chi connectivity index (χ3v) is 27.7. The first-order valence-corrected chi connectivity index (χ1v) is 23.4. The van der Waals surface area contributed by atoms with E-state index in [0.717, 1.165) is 85.6 Å². The van der Waals surface area contributed by atoms with Crippen molar-refractivity contribution in [1.82, 2.24) is 0 Å². The van der Waals surface area contributed by atoms with E-state index in [0.29, 0.717) is 0 Å². The van der Waals surface area contributed by atoms with Gasteiger partial charge in [-0.3, -0.25) is 0 Å². The van der Waals surface area contributed by atoms with Crippen LogP contribution in [0, 0.1) is 0 Å². The van der Waals surface area contributed by atoms with Crippen LogP contribution < -0.4 is 44.3 Å². The number of rotatable bonds is 16. The molecule has 6 aromatic carbocycles. The van der Waals surface area contributed by atoms with Gasteiger partial charge in [0.05, 0.1) is 0 Å². The Morgan fingerprint density at radius 3 is 0.792 bits per heavy atom. The van der Waals surface area contributed by atoms with Gasteiger partial charge in [0, 0.05) is 0 Å². The number of para-hydroxylation sites is 6. The van der Waals surface area contributed by atoms with Gasteiger partial charge < -0.3 is 0 Å². The summed E-state index contributed by atoms with van der Waals surface area (Å²) in [6, 6.07) is 51.0. The van der Waals surface area contributed by atoms with Crippen molar-refractivity contribution in [2.24, 2.45) is 0 Å². The molecule has 0 bridgehead atoms. The summed E-state index contributed by atoms with van der Waals surface area (Å²) in [5, 5.41) is 3.47. The number of hydrogen-bond acceptors (Lipinski definition) is 6. The topological polar surface area (TPSA) is 55.4 Å². The first-order chi connectivity index (χ1) is 26.0. The normalized spacial score (nSPS) is 12.0. The molecule has 0 aliphatic carbocycles. The molecule has 53 heavy (non-hydrogen) atoms. The molecule has 0 unspecified atom stereocenters. The van der Waals surface area contributed by atoms with Crippen molar-refractivity contribution in [2.45, 2.75) is 18.5 Å². The van der Waals surface area contributed by atoms with Crippen LogP contribution in [0.15, 0.2) is 146 Å². The van der Waals surface area contributed by atoms with E-state index < -0.39 is 13.9 Å². The van der Waals surface area contributed by atoms with E-state index in [1.54, 1.807) is 42.7 Å². The Kier molecular flexibility index (Phi) is 12.2. The second kappa shape index (κ2) is 17.2. The van der Waals surface area contributed by atoms with Crippen LogP contribution in [-0.2, 0) is 18.5 Å². The Morgan fingerprint density at radius 2 is 0.528 bits per heavy atom. The van der Waals surface area contributed by atoms with Crippen molar-refractivity contribution in [2.75, 3.05) is 42.7 Å². The SMILES string of the molecule is COc1ccccc1C[PH](Cc1ccccc1OC)(Cc1ccccc1OC)[PH](c1ccccc1OC)(c1ccccc1OC)c1ccccc1OC. The fourth-order valence-corrected chi connectivity index (χ4v) is 29.0. The van der Waals surface area contributed by atoms with Gasteiger partial charge in [-0.2, -0.15) is 0 Å². The van der Waals surface area contributed by atoms with Crippen molar-refractivity contribution < 1.29 is 28.4 Å². The monoisotopic (exact) mass is 748 g/mol. The molecule has 0 radical (unpaired) electrons. The molecular weight excluding hydrogens is 698 g/mol. The summed E-state index contributed by atoms with van der Waals surface area (Å²) >= 11 is 0. The molecule has 8 heteroatoms. The first kappa shape index (κ1) is 37.7. The summed E-state index contributed by atoms with van der Waals surface area (Å²) in [4.78, 5) is 0. The molecule has 6 aromatic rings. The summed E-state index contributed by atoms with van der Waals surface area (Å²) in [6.45, 7) is -6.61. The molecule has 0 N–H and O–H groups in total. The van der Waals surface area contributed by atoms with Gasteiger partial charge >= 0.3 is 316 Å². The average molecular weight is 749 g/mol. The van der Waals surface area contributed by atoms with Crippen LogP contribution in [-0.4, -0.2) is 42.7 Å². The van der Waals surface area contributed by atoms with E-state index >= 15 is 0 Å². The van der Waals surface area contributed by atoms with E-state index in [1.165, 1.54) is 0 Å². The maximum absolute atomic E-state index is 6.42. The summed E-state index contributed by atoms with van der Waals surface area (Å²) in [6.07, 6.45) is 2.23. The van der Waals surface area contributed by atoms with Crippen molar-refractivity contribution in [3.05, 3.63) is 162 Å². The summed E-state index contributed by atoms with van der Waals surface area (Å²) in [7, 11) is 10.6. The predicted molar refractivity (Wildman–Crippen MR) is 225 cm³/mol. The third-order valence-electron chi connectivity index (χ3n) is 10.5. The van der Waals surface area contributed by atoms with E-state index in [2.05, 4.69) is 127 Å². The standard InChI is InChI=1S/C45H50O6P2/c1-46-37-22-10-7-19-34(37)31-52(32-35-20-8-11-23-38(35)47-2,33-36-21-9-12-24-39(36)48-3)53(43-28-16-13-25-40(43)49-4,44-29-17-14-26-41(44)50-5)45-30-18-15-27-42(45)51-6/h7-30,52-53H,31-33H2,1-6H3. The Bertz CT molecular complexity index is 1900. The van der Waals surface area contributed by atoms with Gasteiger partial charge in [-0.05, 0) is 0 Å². The molecule has 0 saturated heterocycles. The van der Waals surface area contributed by atoms with Crippen LogP contribution in [0.1, 0.15) is 16.7 Å². The third kappa shape index (κ3) is 7.19. The van der Waals surface area contributed by atoms with Crippen molar-refractivity contribution >= 4 is 29.8 Å². The Hall–Kier alpha value is -5.02. The van der Waals surface area contributed by atoms with Gasteiger partial charge in [-0.15, -0.1) is 0 Å². The van der Waals surface area contributed by atoms with E-state index in [-0.39, 0.29) is 0 Å². The fraction of sp³-hybridized carbons (Fsp3) is 0.200. The molecule has 276 valence electrons. The Labute approximate surface area is 315 Å². The predicted octanol–water partition coefficient (Wildman–Crippen LogP) is 9.03. The molecule has 0 fully saturated rings. The molecule has 0 aliphatic heterocycles. The molecule has 0 spiro atoms. The molecule has 0 saturated carbocycles. The van der Waals surface area contributed by atoms with Gasteiger partial charge in [0.25, 0.3) is 0 Å². The number of benzene rings is 6. The quantitative estimate of drug-likeness (QED) is 0.0922. The van der Waals surface area contributed by atoms with Gasteiger partial charge in [-0.1, -0.05) is 0 Å². The molecule has 0 amide bonds. The van der Waals surface area contributed by atoms with Gasteiger partial charge in [-0.25, -0.2) is 0 Å². The Morgan fingerprint density at radius 1 is 0.302 bits per heavy atom. The van der Waals surface area contributed by atoms with E-state index in [1.807, 2.05) is 18.2 Å². The minimum absolute atomic E-state index is 0.744. The van der Waals surface area contributed by atoms with Gasteiger partial charge in [0.15, 0.2) is 0 Å². The zero-order chi connectivity index (χ0) is 37.3. The first-order valence-electron chi connectivity index (χ1n) is 17.8. The van der Waals surface area contributed by atoms with E-state index in [9.17, 15) is 0 Å². The van der Waals surface area contributed by atoms with Crippen LogP contribution in [0.25, 0.3) is 0 Å². The zero-order valence-corrected chi connectivity index (χ0v) is 33.4. The van der Waals surface area contributed by atoms with Crippen LogP contribution in [0.5, 0.6) is 34.5 Å². The van der Waals surface area contributed by atoms with E-state index in [4.69, 9.17) is 28.4 Å². The number of ether oxygens (including phenoxy) is 6. The molecule has 0 aliphatic rings. The molecule has 0 aromatic heterocycles. The average Bonchev–Trinajstić information content (AvgIpc) is 3.22. The minimum atomic E-state index is -3.46. The van der Waals surface area contributed by atoms with Crippen LogP contribution in [0.2, 0.25) is 0 Å². The molecular formula is C45H50O6P2. The number of methoxy groups -OCH3 is 6. The summed E-state index contributed by atoms with van der Waals surface area (Å²) < 4.78 is 37.7. The molecule has 0 atom stereocenters. The van der Waals surface area contributed by atoms with Gasteiger partial charge in [0.1, 0.15) is 0 Å². The molecule has 6 rings (SSSR count). The van der Waals surface area contributed by atoms with Crippen molar-refractivity contribution in [3.8, 4) is 34.5 Å². The molecule has 6 nitrogen and oxygen atoms in total. The van der Waals surface area contributed by atoms with Crippen LogP contribution >= 0.6 is 13.9 Å². The summed E-state index contributed by atoms with van der Waals surface area (Å²) in [5.74, 6) is 5.04. The number of hydrogen-bond donors (Lipinski definition) is 0. The van der Waals surface area contributed by atoms with Gasteiger partial charge in [0.2, 0.25) is 0 Å². The van der Waals surface area contributed by atoms with Crippen LogP contribution in [0.4, 0.5) is 0 Å². The second-order valence-corrected chi connectivity index (χ2v) is 25.3. The van der Waals surface area contributed by atoms with Crippen LogP contribution in [0.3, 0.4) is 0 Å². The Balaban J connectivity index is 1.93. The van der Waals surface area contributed by atoms with Crippen molar-refractivity contribution in [1.29, 1.82) is 0 Å². The zero-order valence-electron chi connectivity index (χ0n) is 31.4. The summed E-state index contributed by atoms with van der Waals surface area (Å²) in [5.41, 5.74) is 3.43. The molecule has 0 heterocycles.